The van der Waals surface area contributed by atoms with Crippen molar-refractivity contribution < 1.29 is 4.74 Å². The van der Waals surface area contributed by atoms with Crippen molar-refractivity contribution in [3.63, 3.8) is 0 Å². The van der Waals surface area contributed by atoms with Crippen LogP contribution in [0.15, 0.2) is 73.1 Å². The van der Waals surface area contributed by atoms with Crippen LogP contribution in [-0.4, -0.2) is 9.38 Å². The zero-order valence-corrected chi connectivity index (χ0v) is 14.4. The molecule has 0 unspecified atom stereocenters. The predicted molar refractivity (Wildman–Crippen MR) is 101 cm³/mol. The van der Waals surface area contributed by atoms with Gasteiger partial charge in [0, 0.05) is 18.0 Å². The molecule has 2 aromatic heterocycles. The van der Waals surface area contributed by atoms with Gasteiger partial charge in [-0.3, -0.25) is 0 Å². The molecule has 0 aliphatic rings. The summed E-state index contributed by atoms with van der Waals surface area (Å²) in [6.07, 6.45) is 4.11. The van der Waals surface area contributed by atoms with E-state index in [2.05, 4.69) is 60.8 Å². The van der Waals surface area contributed by atoms with E-state index >= 15 is 0 Å². The highest BCUT2D eigenvalue weighted by Crippen LogP contribution is 2.26. The van der Waals surface area contributed by atoms with Crippen LogP contribution in [0, 0.1) is 13.8 Å². The maximum absolute atomic E-state index is 5.96. The summed E-state index contributed by atoms with van der Waals surface area (Å²) < 4.78 is 8.02. The number of hydrogen-bond acceptors (Lipinski definition) is 2. The minimum Gasteiger partial charge on any atom is -0.489 e. The summed E-state index contributed by atoms with van der Waals surface area (Å²) >= 11 is 0. The lowest BCUT2D eigenvalue weighted by atomic mass is 10.1. The van der Waals surface area contributed by atoms with Gasteiger partial charge < -0.3 is 9.14 Å². The summed E-state index contributed by atoms with van der Waals surface area (Å²) in [5, 5.41) is 0. The highest BCUT2D eigenvalue weighted by molar-refractivity contribution is 5.65. The zero-order valence-electron chi connectivity index (χ0n) is 14.4. The average molecular weight is 328 g/mol. The summed E-state index contributed by atoms with van der Waals surface area (Å²) in [7, 11) is 0. The molecular weight excluding hydrogens is 308 g/mol. The zero-order chi connectivity index (χ0) is 17.2. The minimum atomic E-state index is 0.578. The summed E-state index contributed by atoms with van der Waals surface area (Å²) in [6.45, 7) is 4.73. The molecule has 2 aromatic carbocycles. The Bertz CT molecular complexity index is 1020. The molecule has 3 nitrogen and oxygen atoms in total. The molecule has 4 rings (SSSR count). The minimum absolute atomic E-state index is 0.578. The van der Waals surface area contributed by atoms with Crippen molar-refractivity contribution in [2.75, 3.05) is 0 Å². The molecule has 0 saturated carbocycles. The molecule has 0 fully saturated rings. The fraction of sp³-hybridized carbons (Fsp3) is 0.136. The van der Waals surface area contributed by atoms with Crippen molar-refractivity contribution in [2.45, 2.75) is 20.5 Å². The normalized spacial score (nSPS) is 11.0. The lowest BCUT2D eigenvalue weighted by Gasteiger charge is -2.10. The Labute approximate surface area is 147 Å². The maximum Gasteiger partial charge on any atom is 0.137 e. The van der Waals surface area contributed by atoms with Crippen LogP contribution in [-0.2, 0) is 6.61 Å². The van der Waals surface area contributed by atoms with Gasteiger partial charge in [-0.1, -0.05) is 30.3 Å². The summed E-state index contributed by atoms with van der Waals surface area (Å²) in [5.74, 6) is 0.909. The molecule has 0 atom stereocenters. The molecular formula is C22H20N2O. The van der Waals surface area contributed by atoms with Crippen LogP contribution in [0.4, 0.5) is 0 Å². The Morgan fingerprint density at radius 2 is 1.80 bits per heavy atom. The van der Waals surface area contributed by atoms with Gasteiger partial charge in [-0.2, -0.15) is 0 Å². The van der Waals surface area contributed by atoms with E-state index in [9.17, 15) is 0 Å². The lowest BCUT2D eigenvalue weighted by molar-refractivity contribution is 0.304. The Morgan fingerprint density at radius 1 is 0.960 bits per heavy atom. The van der Waals surface area contributed by atoms with Crippen LogP contribution >= 0.6 is 0 Å². The summed E-state index contributed by atoms with van der Waals surface area (Å²) in [6, 6.07) is 20.6. The van der Waals surface area contributed by atoms with Gasteiger partial charge in [0.15, 0.2) is 0 Å². The van der Waals surface area contributed by atoms with Gasteiger partial charge in [0.2, 0.25) is 0 Å². The Hall–Kier alpha value is -3.07. The van der Waals surface area contributed by atoms with E-state index in [0.717, 1.165) is 28.2 Å². The quantitative estimate of drug-likeness (QED) is 0.515. The molecule has 3 heteroatoms. The largest absolute Gasteiger partial charge is 0.489 e. The standard InChI is InChI=1S/C22H20N2O/c1-16-10-11-24-14-20(23-22(24)12-16)19-8-9-21(17(2)13-19)25-15-18-6-4-3-5-7-18/h3-14H,15H2,1-2H3. The number of pyridine rings is 1. The van der Waals surface area contributed by atoms with Gasteiger partial charge in [0.05, 0.1) is 5.69 Å². The first kappa shape index (κ1) is 15.5. The third-order valence-electron chi connectivity index (χ3n) is 4.32. The molecule has 4 aromatic rings. The first-order valence-corrected chi connectivity index (χ1v) is 8.42. The van der Waals surface area contributed by atoms with Crippen LogP contribution in [0.2, 0.25) is 0 Å². The lowest BCUT2D eigenvalue weighted by Crippen LogP contribution is -1.96. The van der Waals surface area contributed by atoms with Gasteiger partial charge in [0.1, 0.15) is 18.0 Å². The number of fused-ring (bicyclic) bond motifs is 1. The van der Waals surface area contributed by atoms with Gasteiger partial charge >= 0.3 is 0 Å². The third-order valence-corrected chi connectivity index (χ3v) is 4.32. The van der Waals surface area contributed by atoms with E-state index in [4.69, 9.17) is 9.72 Å². The first-order valence-electron chi connectivity index (χ1n) is 8.42. The molecule has 0 amide bonds. The van der Waals surface area contributed by atoms with Gasteiger partial charge in [-0.25, -0.2) is 4.98 Å². The topological polar surface area (TPSA) is 26.5 Å². The number of imidazole rings is 1. The van der Waals surface area contributed by atoms with Crippen LogP contribution in [0.3, 0.4) is 0 Å². The number of rotatable bonds is 4. The van der Waals surface area contributed by atoms with Gasteiger partial charge in [-0.15, -0.1) is 0 Å². The second kappa shape index (κ2) is 6.44. The molecule has 0 aliphatic carbocycles. The number of aryl methyl sites for hydroxylation is 2. The van der Waals surface area contributed by atoms with E-state index in [1.165, 1.54) is 11.1 Å². The number of benzene rings is 2. The molecule has 25 heavy (non-hydrogen) atoms. The van der Waals surface area contributed by atoms with Gasteiger partial charge in [0.25, 0.3) is 0 Å². The molecule has 0 bridgehead atoms. The van der Waals surface area contributed by atoms with Crippen molar-refractivity contribution in [2.24, 2.45) is 0 Å². The maximum atomic E-state index is 5.96. The number of nitrogens with zero attached hydrogens (tertiary/aromatic N) is 2. The van der Waals surface area contributed by atoms with Crippen molar-refractivity contribution >= 4 is 5.65 Å². The summed E-state index contributed by atoms with van der Waals surface area (Å²) in [4.78, 5) is 4.73. The second-order valence-corrected chi connectivity index (χ2v) is 6.35. The van der Waals surface area contributed by atoms with Crippen molar-refractivity contribution in [1.29, 1.82) is 0 Å². The molecule has 0 saturated heterocycles. The molecule has 0 spiro atoms. The summed E-state index contributed by atoms with van der Waals surface area (Å²) in [5.41, 5.74) is 6.54. The van der Waals surface area contributed by atoms with E-state index in [1.54, 1.807) is 0 Å². The number of ether oxygens (including phenoxy) is 1. The van der Waals surface area contributed by atoms with Crippen molar-refractivity contribution in [1.82, 2.24) is 9.38 Å². The molecule has 0 N–H and O–H groups in total. The SMILES string of the molecule is Cc1ccn2cc(-c3ccc(OCc4ccccc4)c(C)c3)nc2c1. The molecule has 2 heterocycles. The van der Waals surface area contributed by atoms with Crippen LogP contribution in [0.1, 0.15) is 16.7 Å². The van der Waals surface area contributed by atoms with Gasteiger partial charge in [-0.05, 0) is 60.9 Å². The smallest absolute Gasteiger partial charge is 0.137 e. The third kappa shape index (κ3) is 3.26. The highest BCUT2D eigenvalue weighted by atomic mass is 16.5. The van der Waals surface area contributed by atoms with E-state index in [-0.39, 0.29) is 0 Å². The van der Waals surface area contributed by atoms with E-state index in [1.807, 2.05) is 30.5 Å². The Kier molecular flexibility index (Phi) is 3.98. The Balaban J connectivity index is 1.58. The molecule has 0 aliphatic heterocycles. The monoisotopic (exact) mass is 328 g/mol. The second-order valence-electron chi connectivity index (χ2n) is 6.35. The van der Waals surface area contributed by atoms with Crippen LogP contribution in [0.25, 0.3) is 16.9 Å². The fourth-order valence-corrected chi connectivity index (χ4v) is 2.93. The average Bonchev–Trinajstić information content (AvgIpc) is 3.04. The Morgan fingerprint density at radius 3 is 2.60 bits per heavy atom. The van der Waals surface area contributed by atoms with Crippen molar-refractivity contribution in [3.05, 3.63) is 89.7 Å². The number of aromatic nitrogens is 2. The van der Waals surface area contributed by atoms with E-state index in [0.29, 0.717) is 6.61 Å². The first-order chi connectivity index (χ1) is 12.2. The van der Waals surface area contributed by atoms with Crippen LogP contribution in [0.5, 0.6) is 5.75 Å². The van der Waals surface area contributed by atoms with E-state index < -0.39 is 0 Å². The fourth-order valence-electron chi connectivity index (χ4n) is 2.93. The highest BCUT2D eigenvalue weighted by Gasteiger charge is 2.08. The molecule has 124 valence electrons. The van der Waals surface area contributed by atoms with Crippen LogP contribution < -0.4 is 4.74 Å². The predicted octanol–water partition coefficient (Wildman–Crippen LogP) is 5.20. The van der Waals surface area contributed by atoms with Crippen molar-refractivity contribution in [3.8, 4) is 17.0 Å². The number of hydrogen-bond donors (Lipinski definition) is 0. The molecule has 0 radical (unpaired) electrons.